The predicted octanol–water partition coefficient (Wildman–Crippen LogP) is 1.44. The minimum atomic E-state index is -1.05. The number of benzene rings is 1. The number of hydrogen-bond acceptors (Lipinski definition) is 6. The Balaban J connectivity index is 1.76. The summed E-state index contributed by atoms with van der Waals surface area (Å²) in [6.07, 6.45) is 0.240. The Morgan fingerprint density at radius 1 is 1.12 bits per heavy atom. The van der Waals surface area contributed by atoms with Crippen molar-refractivity contribution in [2.24, 2.45) is 14.1 Å². The Labute approximate surface area is 184 Å². The molecular formula is C22H27N5O5. The lowest BCUT2D eigenvalue weighted by atomic mass is 9.98. The molecular weight excluding hydrogens is 414 g/mol. The molecule has 1 atom stereocenters. The Bertz CT molecular complexity index is 1310. The zero-order valence-corrected chi connectivity index (χ0v) is 19.0. The smallest absolute Gasteiger partial charge is 0.332 e. The first-order chi connectivity index (χ1) is 15.0. The number of imidazole rings is 1. The molecule has 0 aliphatic heterocycles. The molecule has 3 rings (SSSR count). The molecule has 1 amide bonds. The number of nitrogens with zero attached hydrogens (tertiary/aromatic N) is 4. The number of rotatable bonds is 6. The molecule has 0 radical (unpaired) electrons. The first kappa shape index (κ1) is 23.0. The second-order valence-electron chi connectivity index (χ2n) is 8.07. The number of ether oxygens (including phenoxy) is 1. The van der Waals surface area contributed by atoms with Crippen LogP contribution in [0.4, 0.5) is 5.69 Å². The number of fused-ring (bicyclic) bond motifs is 1. The minimum absolute atomic E-state index is 0.102. The van der Waals surface area contributed by atoms with Gasteiger partial charge in [0.2, 0.25) is 0 Å². The molecule has 1 aromatic carbocycles. The van der Waals surface area contributed by atoms with Crippen molar-refractivity contribution in [2.45, 2.75) is 46.3 Å². The summed E-state index contributed by atoms with van der Waals surface area (Å²) in [6, 6.07) is 5.78. The molecule has 3 aromatic rings. The molecule has 0 bridgehead atoms. The van der Waals surface area contributed by atoms with E-state index in [-0.39, 0.29) is 23.6 Å². The lowest BCUT2D eigenvalue weighted by Gasteiger charge is -2.19. The monoisotopic (exact) mass is 441 g/mol. The summed E-state index contributed by atoms with van der Waals surface area (Å²) < 4.78 is 8.77. The van der Waals surface area contributed by atoms with Crippen molar-refractivity contribution in [3.05, 3.63) is 56.5 Å². The molecule has 0 spiro atoms. The van der Waals surface area contributed by atoms with Gasteiger partial charge in [0.25, 0.3) is 11.5 Å². The van der Waals surface area contributed by atoms with E-state index >= 15 is 0 Å². The van der Waals surface area contributed by atoms with E-state index < -0.39 is 29.2 Å². The van der Waals surface area contributed by atoms with E-state index in [2.05, 4.69) is 10.3 Å². The summed E-state index contributed by atoms with van der Waals surface area (Å²) in [5.41, 5.74) is 1.79. The van der Waals surface area contributed by atoms with Crippen LogP contribution >= 0.6 is 0 Å². The Hall–Kier alpha value is -3.69. The fourth-order valence-corrected chi connectivity index (χ4v) is 3.51. The Kier molecular flexibility index (Phi) is 6.33. The topological polar surface area (TPSA) is 117 Å². The van der Waals surface area contributed by atoms with Crippen molar-refractivity contribution in [2.75, 3.05) is 5.32 Å². The molecule has 0 saturated carbocycles. The number of carbonyl (C=O) groups excluding carboxylic acids is 2. The van der Waals surface area contributed by atoms with Crippen LogP contribution in [0.1, 0.15) is 37.8 Å². The van der Waals surface area contributed by atoms with Crippen LogP contribution in [0.5, 0.6) is 0 Å². The highest BCUT2D eigenvalue weighted by atomic mass is 16.5. The first-order valence-corrected chi connectivity index (χ1v) is 10.2. The molecule has 2 heterocycles. The number of anilines is 1. The number of aromatic nitrogens is 4. The fraction of sp³-hybridized carbons (Fsp3) is 0.409. The zero-order chi connectivity index (χ0) is 23.7. The van der Waals surface area contributed by atoms with Gasteiger partial charge in [0.05, 0.1) is 6.33 Å². The molecule has 0 aliphatic carbocycles. The van der Waals surface area contributed by atoms with Gasteiger partial charge >= 0.3 is 11.7 Å². The van der Waals surface area contributed by atoms with Crippen molar-refractivity contribution in [1.82, 2.24) is 18.7 Å². The van der Waals surface area contributed by atoms with Crippen molar-refractivity contribution >= 4 is 28.7 Å². The summed E-state index contributed by atoms with van der Waals surface area (Å²) in [5, 5.41) is 2.86. The van der Waals surface area contributed by atoms with Gasteiger partial charge in [0.1, 0.15) is 6.54 Å². The molecule has 170 valence electrons. The van der Waals surface area contributed by atoms with Gasteiger partial charge in [-0.3, -0.25) is 23.5 Å². The number of aryl methyl sites for hydroxylation is 2. The second-order valence-corrected chi connectivity index (χ2v) is 8.07. The van der Waals surface area contributed by atoms with Gasteiger partial charge in [-0.2, -0.15) is 0 Å². The first-order valence-electron chi connectivity index (χ1n) is 10.2. The normalized spacial score (nSPS) is 12.2. The van der Waals surface area contributed by atoms with Crippen LogP contribution in [0, 0.1) is 6.92 Å². The number of hydrogen-bond donors (Lipinski definition) is 1. The highest BCUT2D eigenvalue weighted by molar-refractivity contribution is 5.96. The summed E-state index contributed by atoms with van der Waals surface area (Å²) >= 11 is 0. The van der Waals surface area contributed by atoms with Crippen LogP contribution in [0.25, 0.3) is 11.2 Å². The van der Waals surface area contributed by atoms with Crippen LogP contribution in [0.3, 0.4) is 0 Å². The molecule has 10 heteroatoms. The van der Waals surface area contributed by atoms with E-state index in [1.807, 2.05) is 39.0 Å². The van der Waals surface area contributed by atoms with Gasteiger partial charge in [0.15, 0.2) is 17.3 Å². The molecule has 0 aliphatic rings. The Morgan fingerprint density at radius 2 is 1.81 bits per heavy atom. The zero-order valence-electron chi connectivity index (χ0n) is 19.0. The average molecular weight is 441 g/mol. The number of esters is 1. The highest BCUT2D eigenvalue weighted by Gasteiger charge is 2.22. The van der Waals surface area contributed by atoms with Crippen LogP contribution < -0.4 is 16.6 Å². The van der Waals surface area contributed by atoms with Crippen molar-refractivity contribution < 1.29 is 14.3 Å². The maximum absolute atomic E-state index is 12.7. The van der Waals surface area contributed by atoms with Gasteiger partial charge < -0.3 is 14.6 Å². The van der Waals surface area contributed by atoms with E-state index in [9.17, 15) is 19.2 Å². The van der Waals surface area contributed by atoms with E-state index in [0.717, 1.165) is 15.7 Å². The van der Waals surface area contributed by atoms with Crippen LogP contribution in [-0.2, 0) is 35.0 Å². The van der Waals surface area contributed by atoms with Crippen LogP contribution in [-0.4, -0.2) is 36.7 Å². The summed E-state index contributed by atoms with van der Waals surface area (Å²) in [4.78, 5) is 53.7. The average Bonchev–Trinajstić information content (AvgIpc) is 3.15. The number of amides is 1. The van der Waals surface area contributed by atoms with Crippen LogP contribution in [0.2, 0.25) is 0 Å². The second kappa shape index (κ2) is 8.81. The van der Waals surface area contributed by atoms with Crippen LogP contribution in [0.15, 0.2) is 34.1 Å². The number of nitrogens with one attached hydrogen (secondary N) is 1. The summed E-state index contributed by atoms with van der Waals surface area (Å²) in [7, 11) is 2.84. The number of para-hydroxylation sites is 1. The Morgan fingerprint density at radius 3 is 2.47 bits per heavy atom. The quantitative estimate of drug-likeness (QED) is 0.579. The minimum Gasteiger partial charge on any atom is -0.451 e. The molecule has 0 fully saturated rings. The number of carbonyl (C=O) groups is 2. The van der Waals surface area contributed by atoms with Gasteiger partial charge in [-0.05, 0) is 30.9 Å². The van der Waals surface area contributed by atoms with E-state index in [1.165, 1.54) is 36.5 Å². The van der Waals surface area contributed by atoms with Crippen molar-refractivity contribution in [1.29, 1.82) is 0 Å². The molecule has 2 aromatic heterocycles. The van der Waals surface area contributed by atoms with Gasteiger partial charge in [-0.25, -0.2) is 9.78 Å². The maximum atomic E-state index is 12.7. The SMILES string of the molecule is Cc1cccc(C(C)C)c1NC(=O)[C@H](C)OC(=O)Cn1cnc2c1c(=O)n(C)c(=O)n2C. The molecule has 10 nitrogen and oxygen atoms in total. The molecule has 0 unspecified atom stereocenters. The van der Waals surface area contributed by atoms with E-state index in [0.29, 0.717) is 5.69 Å². The van der Waals surface area contributed by atoms with Crippen molar-refractivity contribution in [3.8, 4) is 0 Å². The van der Waals surface area contributed by atoms with Gasteiger partial charge in [0, 0.05) is 19.8 Å². The predicted molar refractivity (Wildman–Crippen MR) is 120 cm³/mol. The van der Waals surface area contributed by atoms with E-state index in [4.69, 9.17) is 4.74 Å². The summed E-state index contributed by atoms with van der Waals surface area (Å²) in [5.74, 6) is -0.962. The lowest BCUT2D eigenvalue weighted by Crippen LogP contribution is -2.38. The third-order valence-corrected chi connectivity index (χ3v) is 5.37. The lowest BCUT2D eigenvalue weighted by molar-refractivity contribution is -0.153. The molecule has 32 heavy (non-hydrogen) atoms. The molecule has 1 N–H and O–H groups in total. The van der Waals surface area contributed by atoms with Crippen molar-refractivity contribution in [3.63, 3.8) is 0 Å². The van der Waals surface area contributed by atoms with Gasteiger partial charge in [-0.1, -0.05) is 32.0 Å². The summed E-state index contributed by atoms with van der Waals surface area (Å²) in [6.45, 7) is 7.11. The van der Waals surface area contributed by atoms with E-state index in [1.54, 1.807) is 0 Å². The third kappa shape index (κ3) is 4.20. The highest BCUT2D eigenvalue weighted by Crippen LogP contribution is 2.27. The third-order valence-electron chi connectivity index (χ3n) is 5.37. The van der Waals surface area contributed by atoms with Gasteiger partial charge in [-0.15, -0.1) is 0 Å². The molecule has 0 saturated heterocycles. The largest absolute Gasteiger partial charge is 0.451 e. The standard InChI is InChI=1S/C22H27N5O5/c1-12(2)15-9-7-8-13(3)17(15)24-20(29)14(4)32-16(28)10-27-11-23-19-18(27)21(30)26(6)22(31)25(19)5/h7-9,11-12,14H,10H2,1-6H3,(H,24,29)/t14-/m0/s1. The maximum Gasteiger partial charge on any atom is 0.332 e. The fourth-order valence-electron chi connectivity index (χ4n) is 3.51.